The molecule has 0 atom stereocenters. The average molecular weight is 398 g/mol. The fourth-order valence-corrected chi connectivity index (χ4v) is 3.57. The summed E-state index contributed by atoms with van der Waals surface area (Å²) in [4.78, 5) is 17.0. The molecular weight excluding hydrogens is 366 g/mol. The maximum absolute atomic E-state index is 12.3. The van der Waals surface area contributed by atoms with Crippen LogP contribution >= 0.6 is 0 Å². The third-order valence-corrected chi connectivity index (χ3v) is 5.33. The molecule has 3 rings (SSSR count). The van der Waals surface area contributed by atoms with Gasteiger partial charge in [-0.3, -0.25) is 14.6 Å². The summed E-state index contributed by atoms with van der Waals surface area (Å²) in [6.07, 6.45) is 1.00. The van der Waals surface area contributed by atoms with Crippen LogP contribution in [0, 0.1) is 0 Å². The average Bonchev–Trinajstić information content (AvgIpc) is 2.75. The lowest BCUT2D eigenvalue weighted by Gasteiger charge is -2.34. The molecule has 2 aromatic rings. The molecule has 1 saturated heterocycles. The van der Waals surface area contributed by atoms with Crippen molar-refractivity contribution in [2.45, 2.75) is 19.9 Å². The van der Waals surface area contributed by atoms with E-state index in [1.165, 1.54) is 11.1 Å². The Morgan fingerprint density at radius 1 is 0.897 bits per heavy atom. The van der Waals surface area contributed by atoms with Crippen molar-refractivity contribution in [3.63, 3.8) is 0 Å². The van der Waals surface area contributed by atoms with E-state index >= 15 is 0 Å². The van der Waals surface area contributed by atoms with E-state index in [4.69, 9.17) is 9.47 Å². The van der Waals surface area contributed by atoms with Crippen molar-refractivity contribution >= 4 is 11.6 Å². The zero-order valence-electron chi connectivity index (χ0n) is 17.6. The van der Waals surface area contributed by atoms with Gasteiger partial charge in [-0.2, -0.15) is 0 Å². The van der Waals surface area contributed by atoms with E-state index < -0.39 is 0 Å². The molecule has 0 spiro atoms. The monoisotopic (exact) mass is 397 g/mol. The Labute approximate surface area is 173 Å². The van der Waals surface area contributed by atoms with Gasteiger partial charge in [-0.1, -0.05) is 25.1 Å². The summed E-state index contributed by atoms with van der Waals surface area (Å²) in [7, 11) is 3.30. The minimum atomic E-state index is 0.0441. The Morgan fingerprint density at radius 3 is 2.14 bits per heavy atom. The van der Waals surface area contributed by atoms with Crippen molar-refractivity contribution in [1.82, 2.24) is 9.80 Å². The Hall–Kier alpha value is -2.57. The number of methoxy groups -OCH3 is 2. The minimum absolute atomic E-state index is 0.0441. The van der Waals surface area contributed by atoms with Crippen molar-refractivity contribution < 1.29 is 14.3 Å². The van der Waals surface area contributed by atoms with E-state index in [1.54, 1.807) is 14.2 Å². The Bertz CT molecular complexity index is 800. The van der Waals surface area contributed by atoms with E-state index in [1.807, 2.05) is 24.3 Å². The minimum Gasteiger partial charge on any atom is -0.493 e. The highest BCUT2D eigenvalue weighted by Gasteiger charge is 2.19. The molecule has 1 heterocycles. The molecule has 6 nitrogen and oxygen atoms in total. The van der Waals surface area contributed by atoms with Crippen molar-refractivity contribution in [1.29, 1.82) is 0 Å². The van der Waals surface area contributed by atoms with Gasteiger partial charge in [0.05, 0.1) is 20.8 Å². The molecule has 1 N–H and O–H groups in total. The summed E-state index contributed by atoms with van der Waals surface area (Å²) in [6, 6.07) is 14.1. The van der Waals surface area contributed by atoms with Crippen molar-refractivity contribution in [3.05, 3.63) is 53.6 Å². The van der Waals surface area contributed by atoms with E-state index in [2.05, 4.69) is 40.2 Å². The Balaban J connectivity index is 1.44. The van der Waals surface area contributed by atoms with Crippen LogP contribution in [0.3, 0.4) is 0 Å². The number of carbonyl (C=O) groups excluding carboxylic acids is 1. The fraction of sp³-hybridized carbons (Fsp3) is 0.435. The lowest BCUT2D eigenvalue weighted by Crippen LogP contribution is -2.48. The quantitative estimate of drug-likeness (QED) is 0.742. The van der Waals surface area contributed by atoms with Crippen molar-refractivity contribution in [3.8, 4) is 11.5 Å². The maximum Gasteiger partial charge on any atom is 0.238 e. The Morgan fingerprint density at radius 2 is 1.52 bits per heavy atom. The molecule has 0 unspecified atom stereocenters. The number of anilines is 1. The van der Waals surface area contributed by atoms with Gasteiger partial charge in [-0.25, -0.2) is 0 Å². The summed E-state index contributed by atoms with van der Waals surface area (Å²) < 4.78 is 10.7. The molecule has 156 valence electrons. The number of nitrogens with zero attached hydrogens (tertiary/aromatic N) is 2. The van der Waals surface area contributed by atoms with Crippen LogP contribution in [0.5, 0.6) is 11.5 Å². The maximum atomic E-state index is 12.3. The second-order valence-electron chi connectivity index (χ2n) is 7.34. The summed E-state index contributed by atoms with van der Waals surface area (Å²) in [6.45, 7) is 7.06. The third kappa shape index (κ3) is 5.95. The number of hydrogen-bond donors (Lipinski definition) is 1. The first kappa shape index (κ1) is 21.1. The molecule has 1 aliphatic heterocycles. The van der Waals surface area contributed by atoms with Gasteiger partial charge in [0.25, 0.3) is 0 Å². The van der Waals surface area contributed by atoms with E-state index in [9.17, 15) is 4.79 Å². The lowest BCUT2D eigenvalue weighted by atomic mass is 10.1. The predicted molar refractivity (Wildman–Crippen MR) is 116 cm³/mol. The highest BCUT2D eigenvalue weighted by atomic mass is 16.5. The Kier molecular flexibility index (Phi) is 7.49. The van der Waals surface area contributed by atoms with E-state index in [0.717, 1.165) is 56.3 Å². The number of ether oxygens (including phenoxy) is 2. The van der Waals surface area contributed by atoms with Gasteiger partial charge in [0.15, 0.2) is 11.5 Å². The molecular formula is C23H31N3O3. The standard InChI is InChI=1S/C23H31N3O3/c1-4-18-5-8-20(9-6-18)24-23(27)17-26-13-11-25(12-14-26)16-19-7-10-21(28-2)22(15-19)29-3/h5-10,15H,4,11-14,16-17H2,1-3H3,(H,24,27). The first-order valence-electron chi connectivity index (χ1n) is 10.2. The molecule has 6 heteroatoms. The molecule has 0 saturated carbocycles. The van der Waals surface area contributed by atoms with E-state index in [-0.39, 0.29) is 5.91 Å². The molecule has 1 aliphatic rings. The molecule has 1 fully saturated rings. The van der Waals surface area contributed by atoms with E-state index in [0.29, 0.717) is 6.54 Å². The number of amides is 1. The summed E-state index contributed by atoms with van der Waals surface area (Å²) in [5.41, 5.74) is 3.33. The van der Waals surface area contributed by atoms with Crippen LogP contribution in [0.4, 0.5) is 5.69 Å². The fourth-order valence-electron chi connectivity index (χ4n) is 3.57. The molecule has 29 heavy (non-hydrogen) atoms. The van der Waals surface area contributed by atoms with Crippen LogP contribution in [0.1, 0.15) is 18.1 Å². The second kappa shape index (κ2) is 10.3. The molecule has 0 aliphatic carbocycles. The second-order valence-corrected chi connectivity index (χ2v) is 7.34. The lowest BCUT2D eigenvalue weighted by molar-refractivity contribution is -0.117. The third-order valence-electron chi connectivity index (χ3n) is 5.33. The molecule has 0 aromatic heterocycles. The van der Waals surface area contributed by atoms with Crippen molar-refractivity contribution in [2.75, 3.05) is 52.3 Å². The van der Waals surface area contributed by atoms with Gasteiger partial charge in [0.2, 0.25) is 5.91 Å². The summed E-state index contributed by atoms with van der Waals surface area (Å²) in [5, 5.41) is 3.00. The van der Waals surface area contributed by atoms with Gasteiger partial charge in [-0.05, 0) is 41.8 Å². The van der Waals surface area contributed by atoms with Crippen molar-refractivity contribution in [2.24, 2.45) is 0 Å². The van der Waals surface area contributed by atoms with Gasteiger partial charge in [-0.15, -0.1) is 0 Å². The van der Waals surface area contributed by atoms with Gasteiger partial charge in [0, 0.05) is 38.4 Å². The highest BCUT2D eigenvalue weighted by molar-refractivity contribution is 5.92. The molecule has 1 amide bonds. The number of benzene rings is 2. The number of nitrogens with one attached hydrogen (secondary N) is 1. The van der Waals surface area contributed by atoms with Crippen LogP contribution in [-0.2, 0) is 17.8 Å². The smallest absolute Gasteiger partial charge is 0.238 e. The van der Waals surface area contributed by atoms with Gasteiger partial charge in [0.1, 0.15) is 0 Å². The number of rotatable bonds is 8. The number of hydrogen-bond acceptors (Lipinski definition) is 5. The first-order valence-corrected chi connectivity index (χ1v) is 10.2. The topological polar surface area (TPSA) is 54.0 Å². The summed E-state index contributed by atoms with van der Waals surface area (Å²) >= 11 is 0. The largest absolute Gasteiger partial charge is 0.493 e. The van der Waals surface area contributed by atoms with Crippen LogP contribution in [0.25, 0.3) is 0 Å². The van der Waals surface area contributed by atoms with Gasteiger partial charge < -0.3 is 14.8 Å². The van der Waals surface area contributed by atoms with Crippen LogP contribution in [0.2, 0.25) is 0 Å². The molecule has 0 radical (unpaired) electrons. The zero-order chi connectivity index (χ0) is 20.6. The highest BCUT2D eigenvalue weighted by Crippen LogP contribution is 2.28. The number of aryl methyl sites for hydroxylation is 1. The number of carbonyl (C=O) groups is 1. The van der Waals surface area contributed by atoms with Crippen LogP contribution in [-0.4, -0.2) is 62.7 Å². The number of piperazine rings is 1. The predicted octanol–water partition coefficient (Wildman–Crippen LogP) is 3.02. The molecule has 0 bridgehead atoms. The van der Waals surface area contributed by atoms with Crippen LogP contribution < -0.4 is 14.8 Å². The van der Waals surface area contributed by atoms with Gasteiger partial charge >= 0.3 is 0 Å². The molecule has 2 aromatic carbocycles. The zero-order valence-corrected chi connectivity index (χ0v) is 17.6. The first-order chi connectivity index (χ1) is 14.1. The van der Waals surface area contributed by atoms with Crippen LogP contribution in [0.15, 0.2) is 42.5 Å². The normalized spacial score (nSPS) is 15.1. The summed E-state index contributed by atoms with van der Waals surface area (Å²) in [5.74, 6) is 1.55. The SMILES string of the molecule is CCc1ccc(NC(=O)CN2CCN(Cc3ccc(OC)c(OC)c3)CC2)cc1.